The van der Waals surface area contributed by atoms with Crippen molar-refractivity contribution in [3.05, 3.63) is 35.9 Å². The molecule has 0 aliphatic carbocycles. The largest absolute Gasteiger partial charge is 0.445 e. The molecule has 1 fully saturated rings. The first kappa shape index (κ1) is 56.4. The molecule has 3 amide bonds. The molecule has 11 heteroatoms. The molecule has 1 saturated heterocycles. The van der Waals surface area contributed by atoms with Gasteiger partial charge in [0.15, 0.2) is 6.23 Å². The molecule has 0 radical (unpaired) electrons. The Morgan fingerprint density at radius 2 is 1.13 bits per heavy atom. The standard InChI is InChI=1S/C52H93N3O8/c1-5-7-9-11-13-15-17-18-19-20-21-23-25-27-29-34-38-55(46(57)37-33-28-26-24-22-16-14-12-10-8-6-2)51-47(49(59)48(58)45(40-56)63-51)54-50(60)44(39-42(3)4)53-52(61)62-41-43-35-31-30-32-36-43/h30-32,35-36,42,44-45,47-49,51,56,58-59H,5-29,33-34,37-41H2,1-4H3,(H,53,61)(H,54,60)/t44-,45+,47+,48+,49+,51+/m0/s1. The topological polar surface area (TPSA) is 158 Å². The average Bonchev–Trinajstić information content (AvgIpc) is 3.27. The molecule has 11 nitrogen and oxygen atoms in total. The summed E-state index contributed by atoms with van der Waals surface area (Å²) in [6, 6.07) is 7.02. The van der Waals surface area contributed by atoms with Gasteiger partial charge >= 0.3 is 6.09 Å². The molecular weight excluding hydrogens is 795 g/mol. The van der Waals surface area contributed by atoms with Gasteiger partial charge < -0.3 is 40.3 Å². The van der Waals surface area contributed by atoms with Crippen LogP contribution in [0.3, 0.4) is 0 Å². The molecule has 2 rings (SSSR count). The van der Waals surface area contributed by atoms with E-state index >= 15 is 0 Å². The molecular formula is C52H93N3O8. The van der Waals surface area contributed by atoms with E-state index in [1.165, 1.54) is 122 Å². The van der Waals surface area contributed by atoms with Gasteiger partial charge in [0.2, 0.25) is 11.8 Å². The number of aliphatic hydroxyl groups excluding tert-OH is 3. The van der Waals surface area contributed by atoms with Gasteiger partial charge in [-0.3, -0.25) is 9.59 Å². The predicted octanol–water partition coefficient (Wildman–Crippen LogP) is 11.0. The second-order valence-corrected chi connectivity index (χ2v) is 18.8. The van der Waals surface area contributed by atoms with Crippen LogP contribution in [-0.2, 0) is 25.7 Å². The summed E-state index contributed by atoms with van der Waals surface area (Å²) >= 11 is 0. The molecule has 1 aromatic rings. The molecule has 6 atom stereocenters. The number of alkyl carbamates (subject to hydrolysis) is 1. The summed E-state index contributed by atoms with van der Waals surface area (Å²) in [4.78, 5) is 42.7. The Labute approximate surface area is 383 Å². The molecule has 1 aromatic carbocycles. The van der Waals surface area contributed by atoms with Gasteiger partial charge in [0.05, 0.1) is 6.61 Å². The Morgan fingerprint density at radius 3 is 1.59 bits per heavy atom. The molecule has 0 bridgehead atoms. The maximum absolute atomic E-state index is 14.2. The van der Waals surface area contributed by atoms with Crippen molar-refractivity contribution in [2.75, 3.05) is 13.2 Å². The third-order valence-electron chi connectivity index (χ3n) is 12.6. The molecule has 5 N–H and O–H groups in total. The van der Waals surface area contributed by atoms with Crippen LogP contribution in [0.2, 0.25) is 0 Å². The van der Waals surface area contributed by atoms with E-state index in [9.17, 15) is 29.7 Å². The summed E-state index contributed by atoms with van der Waals surface area (Å²) in [6.07, 6.45) is 27.0. The van der Waals surface area contributed by atoms with E-state index in [2.05, 4.69) is 24.5 Å². The van der Waals surface area contributed by atoms with Crippen LogP contribution in [0.15, 0.2) is 30.3 Å². The second kappa shape index (κ2) is 36.5. The highest BCUT2D eigenvalue weighted by Gasteiger charge is 2.48. The first-order valence-corrected chi connectivity index (χ1v) is 25.8. The number of aliphatic hydroxyl groups is 3. The van der Waals surface area contributed by atoms with Crippen molar-refractivity contribution < 1.29 is 39.2 Å². The lowest BCUT2D eigenvalue weighted by Crippen LogP contribution is -2.70. The van der Waals surface area contributed by atoms with Crippen molar-refractivity contribution in [3.63, 3.8) is 0 Å². The number of nitrogens with zero attached hydrogens (tertiary/aromatic N) is 1. The Hall–Kier alpha value is -2.73. The first-order valence-electron chi connectivity index (χ1n) is 25.8. The molecule has 1 aliphatic rings. The number of benzene rings is 1. The van der Waals surface area contributed by atoms with Crippen molar-refractivity contribution in [1.29, 1.82) is 0 Å². The minimum Gasteiger partial charge on any atom is -0.445 e. The number of ether oxygens (including phenoxy) is 2. The van der Waals surface area contributed by atoms with E-state index in [0.717, 1.165) is 50.5 Å². The SMILES string of the molecule is CCCCCCCCCCCCCCCCCCN(C(=O)CCCCCCCCCCCCC)[C@@H]1O[C@H](CO)[C@@H](O)[C@H](O)[C@H]1NC(=O)[C@H](CC(C)C)NC(=O)OCc1ccccc1. The quantitative estimate of drug-likeness (QED) is 0.0411. The van der Waals surface area contributed by atoms with Crippen molar-refractivity contribution in [2.24, 2.45) is 5.92 Å². The smallest absolute Gasteiger partial charge is 0.408 e. The molecule has 1 heterocycles. The number of carbonyl (C=O) groups excluding carboxylic acids is 3. The third-order valence-corrected chi connectivity index (χ3v) is 12.6. The van der Waals surface area contributed by atoms with E-state index in [1.54, 1.807) is 4.90 Å². The fourth-order valence-corrected chi connectivity index (χ4v) is 8.70. The van der Waals surface area contributed by atoms with Gasteiger partial charge in [0, 0.05) is 13.0 Å². The number of amides is 3. The maximum Gasteiger partial charge on any atom is 0.408 e. The minimum atomic E-state index is -1.54. The van der Waals surface area contributed by atoms with Gasteiger partial charge in [-0.15, -0.1) is 0 Å². The lowest BCUT2D eigenvalue weighted by molar-refractivity contribution is -0.231. The van der Waals surface area contributed by atoms with Gasteiger partial charge in [-0.1, -0.05) is 219 Å². The zero-order valence-corrected chi connectivity index (χ0v) is 40.4. The Kier molecular flexibility index (Phi) is 32.7. The number of rotatable bonds is 38. The monoisotopic (exact) mass is 888 g/mol. The van der Waals surface area contributed by atoms with Crippen molar-refractivity contribution in [1.82, 2.24) is 15.5 Å². The van der Waals surface area contributed by atoms with Crippen LogP contribution in [0.4, 0.5) is 4.79 Å². The maximum atomic E-state index is 14.2. The molecule has 63 heavy (non-hydrogen) atoms. The fourth-order valence-electron chi connectivity index (χ4n) is 8.70. The van der Waals surface area contributed by atoms with Gasteiger partial charge in [-0.05, 0) is 30.7 Å². The van der Waals surface area contributed by atoms with E-state index in [4.69, 9.17) is 9.47 Å². The van der Waals surface area contributed by atoms with E-state index < -0.39 is 55.2 Å². The van der Waals surface area contributed by atoms with E-state index in [1.807, 2.05) is 44.2 Å². The third kappa shape index (κ3) is 25.5. The fraction of sp³-hybridized carbons (Fsp3) is 0.827. The number of hydrogen-bond donors (Lipinski definition) is 5. The lowest BCUT2D eigenvalue weighted by Gasteiger charge is -2.47. The molecule has 1 aliphatic heterocycles. The zero-order chi connectivity index (χ0) is 45.9. The molecule has 0 aromatic heterocycles. The summed E-state index contributed by atoms with van der Waals surface area (Å²) in [5.74, 6) is -0.716. The van der Waals surface area contributed by atoms with Crippen molar-refractivity contribution in [3.8, 4) is 0 Å². The predicted molar refractivity (Wildman–Crippen MR) is 255 cm³/mol. The highest BCUT2D eigenvalue weighted by molar-refractivity contribution is 5.86. The van der Waals surface area contributed by atoms with Crippen LogP contribution in [0, 0.1) is 5.92 Å². The van der Waals surface area contributed by atoms with Crippen LogP contribution < -0.4 is 10.6 Å². The first-order chi connectivity index (χ1) is 30.6. The summed E-state index contributed by atoms with van der Waals surface area (Å²) < 4.78 is 11.7. The van der Waals surface area contributed by atoms with E-state index in [-0.39, 0.29) is 24.9 Å². The van der Waals surface area contributed by atoms with Crippen LogP contribution in [-0.4, -0.2) is 87.9 Å². The summed E-state index contributed by atoms with van der Waals surface area (Å²) in [7, 11) is 0. The summed E-state index contributed by atoms with van der Waals surface area (Å²) in [6.45, 7) is 8.18. The minimum absolute atomic E-state index is 0.0154. The summed E-state index contributed by atoms with van der Waals surface area (Å²) in [5, 5.41) is 38.3. The lowest BCUT2D eigenvalue weighted by atomic mass is 9.94. The van der Waals surface area contributed by atoms with E-state index in [0.29, 0.717) is 19.4 Å². The molecule has 0 saturated carbocycles. The molecule has 0 unspecified atom stereocenters. The second-order valence-electron chi connectivity index (χ2n) is 18.8. The number of carbonyl (C=O) groups is 3. The molecule has 0 spiro atoms. The Bertz CT molecular complexity index is 1290. The Morgan fingerprint density at radius 1 is 0.667 bits per heavy atom. The van der Waals surface area contributed by atoms with Gasteiger partial charge in [0.1, 0.15) is 37.0 Å². The van der Waals surface area contributed by atoms with Crippen LogP contribution in [0.5, 0.6) is 0 Å². The molecule has 364 valence electrons. The van der Waals surface area contributed by atoms with Crippen molar-refractivity contribution in [2.45, 2.75) is 257 Å². The number of nitrogens with one attached hydrogen (secondary N) is 2. The highest BCUT2D eigenvalue weighted by atomic mass is 16.6. The summed E-state index contributed by atoms with van der Waals surface area (Å²) in [5.41, 5.74) is 0.803. The normalized spacial score (nSPS) is 19.2. The highest BCUT2D eigenvalue weighted by Crippen LogP contribution is 2.26. The average molecular weight is 888 g/mol. The van der Waals surface area contributed by atoms with Crippen LogP contribution in [0.25, 0.3) is 0 Å². The van der Waals surface area contributed by atoms with Gasteiger partial charge in [-0.2, -0.15) is 0 Å². The number of hydrogen-bond acceptors (Lipinski definition) is 8. The van der Waals surface area contributed by atoms with Gasteiger partial charge in [0.25, 0.3) is 0 Å². The number of unbranched alkanes of at least 4 members (excludes halogenated alkanes) is 25. The van der Waals surface area contributed by atoms with Gasteiger partial charge in [-0.25, -0.2) is 4.79 Å². The van der Waals surface area contributed by atoms with Crippen LogP contribution >= 0.6 is 0 Å². The van der Waals surface area contributed by atoms with Crippen LogP contribution in [0.1, 0.15) is 219 Å². The van der Waals surface area contributed by atoms with Crippen molar-refractivity contribution >= 4 is 17.9 Å². The Balaban J connectivity index is 2.05. The zero-order valence-electron chi connectivity index (χ0n) is 40.4.